The van der Waals surface area contributed by atoms with Crippen molar-refractivity contribution in [2.24, 2.45) is 0 Å². The van der Waals surface area contributed by atoms with Crippen LogP contribution in [0, 0.1) is 29.8 Å². The van der Waals surface area contributed by atoms with E-state index in [9.17, 15) is 19.2 Å². The largest absolute Gasteiger partial charge is 0.461 e. The van der Waals surface area contributed by atoms with Gasteiger partial charge in [-0.3, -0.25) is 15.1 Å². The second-order valence-electron chi connectivity index (χ2n) is 17.8. The molecule has 4 fully saturated rings. The molecule has 1 N–H and O–H groups in total. The highest BCUT2D eigenvalue weighted by atomic mass is 32.1. The first-order chi connectivity index (χ1) is 29.1. The minimum Gasteiger partial charge on any atom is -0.461 e. The van der Waals surface area contributed by atoms with Gasteiger partial charge in [-0.1, -0.05) is 6.07 Å². The maximum Gasteiger partial charge on any atom is 0.412 e. The summed E-state index contributed by atoms with van der Waals surface area (Å²) in [6.45, 7) is 9.19. The first-order valence-electron chi connectivity index (χ1n) is 21.2. The zero-order chi connectivity index (χ0) is 44.7. The first-order valence-corrected chi connectivity index (χ1v) is 20.5. The van der Waals surface area contributed by atoms with Crippen molar-refractivity contribution in [3.8, 4) is 23.2 Å². The Bertz CT molecular complexity index is 2550. The number of carbonyl (C=O) groups is 2. The number of piperazine rings is 1. The van der Waals surface area contributed by atoms with E-state index in [0.717, 1.165) is 36.8 Å². The molecule has 12 nitrogen and oxygen atoms in total. The van der Waals surface area contributed by atoms with Gasteiger partial charge < -0.3 is 19.1 Å². The van der Waals surface area contributed by atoms with E-state index in [1.54, 1.807) is 46.4 Å². The van der Waals surface area contributed by atoms with Gasteiger partial charge in [-0.05, 0) is 116 Å². The number of aromatic nitrogens is 2. The Morgan fingerprint density at radius 3 is 2.51 bits per heavy atom. The molecule has 312 valence electrons. The van der Waals surface area contributed by atoms with Crippen LogP contribution in [0.25, 0.3) is 32.1 Å². The fraction of sp³-hybridized carbons (Fsp3) is 0.512. The molecular formula is C43H48F3N7O5S. The molecule has 59 heavy (non-hydrogen) atoms. The zero-order valence-corrected chi connectivity index (χ0v) is 34.6. The van der Waals surface area contributed by atoms with Crippen LogP contribution in [0.3, 0.4) is 0 Å². The number of halogens is 3. The van der Waals surface area contributed by atoms with Crippen LogP contribution in [-0.4, -0.2) is 93.6 Å². The predicted molar refractivity (Wildman–Crippen MR) is 220 cm³/mol. The lowest BCUT2D eigenvalue weighted by atomic mass is 9.93. The number of hydrogen-bond donors (Lipinski definition) is 1. The van der Waals surface area contributed by atoms with E-state index in [2.05, 4.69) is 15.2 Å². The van der Waals surface area contributed by atoms with E-state index >= 15 is 8.78 Å². The summed E-state index contributed by atoms with van der Waals surface area (Å²) in [5.41, 5.74) is -3.01. The number of fused-ring (bicyclic) bond motifs is 5. The van der Waals surface area contributed by atoms with Crippen molar-refractivity contribution in [3.05, 3.63) is 52.9 Å². The maximum absolute atomic E-state index is 17.9. The summed E-state index contributed by atoms with van der Waals surface area (Å²) in [6.07, 6.45) is 2.66. The number of thiophene rings is 1. The van der Waals surface area contributed by atoms with Gasteiger partial charge in [0.05, 0.1) is 34.2 Å². The van der Waals surface area contributed by atoms with Crippen molar-refractivity contribution >= 4 is 55.3 Å². The van der Waals surface area contributed by atoms with Crippen LogP contribution in [-0.2, 0) is 9.47 Å². The Morgan fingerprint density at radius 2 is 1.85 bits per heavy atom. The molecule has 4 aliphatic rings. The highest BCUT2D eigenvalue weighted by Gasteiger charge is 2.48. The van der Waals surface area contributed by atoms with Crippen LogP contribution < -0.4 is 15.0 Å². The Morgan fingerprint density at radius 1 is 1.12 bits per heavy atom. The van der Waals surface area contributed by atoms with E-state index in [0.29, 0.717) is 37.7 Å². The lowest BCUT2D eigenvalue weighted by Crippen LogP contribution is -2.57. The summed E-state index contributed by atoms with van der Waals surface area (Å²) in [7, 11) is 0. The number of nitrogens with zero attached hydrogens (tertiary/aromatic N) is 6. The fourth-order valence-electron chi connectivity index (χ4n) is 9.07. The van der Waals surface area contributed by atoms with Crippen molar-refractivity contribution in [1.29, 1.82) is 5.26 Å². The molecule has 3 atom stereocenters. The summed E-state index contributed by atoms with van der Waals surface area (Å²) in [4.78, 5) is 41.4. The van der Waals surface area contributed by atoms with Gasteiger partial charge in [-0.15, -0.1) is 11.3 Å². The number of nitriles is 1. The van der Waals surface area contributed by atoms with Crippen LogP contribution in [0.1, 0.15) is 88.9 Å². The molecule has 2 amide bonds. The third kappa shape index (κ3) is 7.52. The average Bonchev–Trinajstić information content (AvgIpc) is 3.91. The molecule has 2 bridgehead atoms. The van der Waals surface area contributed by atoms with Crippen molar-refractivity contribution in [3.63, 3.8) is 0 Å². The molecule has 0 unspecified atom stereocenters. The van der Waals surface area contributed by atoms with Gasteiger partial charge in [0, 0.05) is 40.1 Å². The summed E-state index contributed by atoms with van der Waals surface area (Å²) in [5.74, 6) is -1.66. The Hall–Kier alpha value is -5.14. The van der Waals surface area contributed by atoms with E-state index in [4.69, 9.17) is 23.3 Å². The van der Waals surface area contributed by atoms with Gasteiger partial charge in [0.15, 0.2) is 5.82 Å². The smallest absolute Gasteiger partial charge is 0.412 e. The molecule has 4 aliphatic heterocycles. The number of rotatable bonds is 6. The number of ether oxygens (including phenoxy) is 3. The Kier molecular flexibility index (Phi) is 9.29. The molecule has 16 heteroatoms. The monoisotopic (exact) mass is 834 g/mol. The number of hydrogen-bond acceptors (Lipinski definition) is 11. The maximum atomic E-state index is 17.9. The van der Waals surface area contributed by atoms with Crippen molar-refractivity contribution in [1.82, 2.24) is 19.8 Å². The molecule has 0 radical (unpaired) electrons. The normalized spacial score (nSPS) is 23.6. The lowest BCUT2D eigenvalue weighted by molar-refractivity contribution is 0.0122. The highest BCUT2D eigenvalue weighted by molar-refractivity contribution is 7.23. The summed E-state index contributed by atoms with van der Waals surface area (Å²) in [6, 6.07) is 4.78. The second-order valence-corrected chi connectivity index (χ2v) is 18.9. The number of aryl methyl sites for hydroxylation is 1. The van der Waals surface area contributed by atoms with E-state index in [1.807, 2.05) is 11.0 Å². The molecule has 4 aromatic rings. The van der Waals surface area contributed by atoms with E-state index in [-0.39, 0.29) is 80.7 Å². The lowest BCUT2D eigenvalue weighted by Gasteiger charge is -2.42. The molecule has 8 rings (SSSR count). The number of nitrogens with one attached hydrogen (secondary N) is 1. The van der Waals surface area contributed by atoms with Crippen LogP contribution in [0.2, 0.25) is 0 Å². The predicted octanol–water partition coefficient (Wildman–Crippen LogP) is 9.38. The van der Waals surface area contributed by atoms with Gasteiger partial charge in [0.25, 0.3) is 0 Å². The third-order valence-electron chi connectivity index (χ3n) is 11.4. The quantitative estimate of drug-likeness (QED) is 0.200. The van der Waals surface area contributed by atoms with Gasteiger partial charge in [0.2, 0.25) is 0 Å². The number of carbonyl (C=O) groups excluding carboxylic acids is 2. The summed E-state index contributed by atoms with van der Waals surface area (Å²) < 4.78 is 90.7. The fourth-order valence-corrected chi connectivity index (χ4v) is 10.1. The van der Waals surface area contributed by atoms with Crippen molar-refractivity contribution < 1.29 is 41.1 Å². The third-order valence-corrected chi connectivity index (χ3v) is 12.5. The number of amides is 2. The minimum absolute atomic E-state index is 0.0653. The molecule has 2 aromatic heterocycles. The SMILES string of the molecule is [2H]C([2H])([2H])c1cc2c(N3C[C@H]4CC[C@@H](C3)N4C(=O)OC(C)(C)C)nc(OC[C@@]34CCCN3C/C(=C\F)C4)nc2c(F)c1-c1ccc(F)c2sc(NC(=O)OC(C)(C)C)c(C#N)c12. The number of benzene rings is 2. The van der Waals surface area contributed by atoms with E-state index < -0.39 is 58.5 Å². The minimum atomic E-state index is -2.96. The molecule has 0 aliphatic carbocycles. The van der Waals surface area contributed by atoms with Gasteiger partial charge in [-0.25, -0.2) is 22.8 Å². The molecular weight excluding hydrogens is 784 g/mol. The molecule has 4 saturated heterocycles. The first kappa shape index (κ1) is 36.9. The van der Waals surface area contributed by atoms with Crippen molar-refractivity contribution in [2.45, 2.75) is 109 Å². The highest BCUT2D eigenvalue weighted by Crippen LogP contribution is 2.47. The van der Waals surface area contributed by atoms with Crippen molar-refractivity contribution in [2.75, 3.05) is 43.0 Å². The molecule has 2 aromatic carbocycles. The van der Waals surface area contributed by atoms with Gasteiger partial charge in [-0.2, -0.15) is 15.2 Å². The molecule has 6 heterocycles. The topological polar surface area (TPSA) is 133 Å². The molecule has 0 spiro atoms. The van der Waals surface area contributed by atoms with E-state index in [1.165, 1.54) is 12.1 Å². The average molecular weight is 835 g/mol. The standard InChI is InChI=1S/C43H48F3N7O5S/c1-23-15-28-34(33(46)31(23)27-11-12-30(45)35-32(27)29(18-47)37(59-35)50-39(54)57-41(2,3)4)48-38(56-22-43-13-8-14-52(43)19-24(16-43)17-44)49-36(28)51-20-25-9-10-26(21-51)53(25)40(55)58-42(5,6)7/h11-12,15,17,25-26H,8-10,13-14,16,19-22H2,1-7H3,(H,50,54)/b24-17-/t25-,26+,43-/m0/s1/i1D3. The molecule has 0 saturated carbocycles. The summed E-state index contributed by atoms with van der Waals surface area (Å²) in [5, 5.41) is 12.8. The van der Waals surface area contributed by atoms with Crippen LogP contribution in [0.5, 0.6) is 6.01 Å². The van der Waals surface area contributed by atoms with Crippen LogP contribution >= 0.6 is 11.3 Å². The number of anilines is 2. The van der Waals surface area contributed by atoms with Crippen LogP contribution in [0.4, 0.5) is 33.6 Å². The van der Waals surface area contributed by atoms with Crippen LogP contribution in [0.15, 0.2) is 30.1 Å². The van der Waals surface area contributed by atoms with Gasteiger partial charge in [0.1, 0.15) is 46.0 Å². The second kappa shape index (κ2) is 14.8. The Labute approximate surface area is 349 Å². The Balaban J connectivity index is 1.29. The van der Waals surface area contributed by atoms with Gasteiger partial charge >= 0.3 is 18.2 Å². The zero-order valence-electron chi connectivity index (χ0n) is 36.8. The summed E-state index contributed by atoms with van der Waals surface area (Å²) >= 11 is 0.730.